The van der Waals surface area contributed by atoms with Gasteiger partial charge in [0.05, 0.1) is 0 Å². The first-order valence-corrected chi connectivity index (χ1v) is 5.62. The molecule has 82 valence electrons. The predicted molar refractivity (Wildman–Crippen MR) is 60.5 cm³/mol. The summed E-state index contributed by atoms with van der Waals surface area (Å²) >= 11 is 0. The van der Waals surface area contributed by atoms with Gasteiger partial charge in [0.25, 0.3) is 0 Å². The average molecular weight is 207 g/mol. The Kier molecular flexibility index (Phi) is 2.79. The Balaban J connectivity index is 2.06. The summed E-state index contributed by atoms with van der Waals surface area (Å²) in [5.74, 6) is -0.147. The van der Waals surface area contributed by atoms with Gasteiger partial charge in [-0.1, -0.05) is 26.0 Å². The lowest BCUT2D eigenvalue weighted by Gasteiger charge is -2.18. The Bertz CT molecular complexity index is 325. The fourth-order valence-electron chi connectivity index (χ4n) is 1.92. The zero-order valence-corrected chi connectivity index (χ0v) is 9.39. The Morgan fingerprint density at radius 1 is 1.27 bits per heavy atom. The van der Waals surface area contributed by atoms with Gasteiger partial charge in [-0.15, -0.1) is 0 Å². The van der Waals surface area contributed by atoms with Crippen LogP contribution in [-0.2, 0) is 5.41 Å². The summed E-state index contributed by atoms with van der Waals surface area (Å²) in [5.41, 5.74) is 1.56. The minimum atomic E-state index is -0.147. The maximum Gasteiger partial charge on any atom is 0.123 e. The zero-order valence-electron chi connectivity index (χ0n) is 9.39. The van der Waals surface area contributed by atoms with Crippen LogP contribution in [0.3, 0.4) is 0 Å². The van der Waals surface area contributed by atoms with Crippen LogP contribution in [0.1, 0.15) is 32.3 Å². The number of rotatable bonds is 4. The van der Waals surface area contributed by atoms with Crippen molar-refractivity contribution in [3.05, 3.63) is 35.6 Å². The molecule has 0 bridgehead atoms. The van der Waals surface area contributed by atoms with Crippen LogP contribution in [0.15, 0.2) is 24.3 Å². The molecule has 1 aliphatic rings. The van der Waals surface area contributed by atoms with E-state index in [0.29, 0.717) is 6.04 Å². The van der Waals surface area contributed by atoms with Crippen LogP contribution in [0.25, 0.3) is 0 Å². The number of hydrogen-bond donors (Lipinski definition) is 1. The third-order valence-corrected chi connectivity index (χ3v) is 3.16. The van der Waals surface area contributed by atoms with Gasteiger partial charge in [-0.25, -0.2) is 4.39 Å². The number of benzene rings is 1. The van der Waals surface area contributed by atoms with E-state index in [9.17, 15) is 4.39 Å². The molecule has 0 amide bonds. The molecule has 1 N–H and O–H groups in total. The summed E-state index contributed by atoms with van der Waals surface area (Å²) in [6.45, 7) is 5.32. The summed E-state index contributed by atoms with van der Waals surface area (Å²) < 4.78 is 12.8. The van der Waals surface area contributed by atoms with Crippen molar-refractivity contribution >= 4 is 0 Å². The third kappa shape index (κ3) is 2.37. The van der Waals surface area contributed by atoms with Crippen LogP contribution in [-0.4, -0.2) is 12.6 Å². The van der Waals surface area contributed by atoms with Gasteiger partial charge in [0.2, 0.25) is 0 Å². The SMILES string of the molecule is CC(C)NCC1(c2ccc(F)cc2)CC1. The quantitative estimate of drug-likeness (QED) is 0.800. The van der Waals surface area contributed by atoms with Crippen LogP contribution in [0, 0.1) is 5.82 Å². The summed E-state index contributed by atoms with van der Waals surface area (Å²) in [6.07, 6.45) is 2.44. The van der Waals surface area contributed by atoms with Crippen molar-refractivity contribution in [1.82, 2.24) is 5.32 Å². The van der Waals surface area contributed by atoms with Crippen molar-refractivity contribution in [2.75, 3.05) is 6.54 Å². The van der Waals surface area contributed by atoms with E-state index < -0.39 is 0 Å². The maximum atomic E-state index is 12.8. The molecule has 0 aliphatic heterocycles. The van der Waals surface area contributed by atoms with Crippen LogP contribution in [0.2, 0.25) is 0 Å². The standard InChI is InChI=1S/C13H18FN/c1-10(2)15-9-13(7-8-13)11-3-5-12(14)6-4-11/h3-6,10,15H,7-9H2,1-2H3. The molecular weight excluding hydrogens is 189 g/mol. The Hall–Kier alpha value is -0.890. The Labute approximate surface area is 90.7 Å². The second-order valence-electron chi connectivity index (χ2n) is 4.82. The molecule has 2 rings (SSSR count). The zero-order chi connectivity index (χ0) is 10.9. The van der Waals surface area contributed by atoms with E-state index in [1.807, 2.05) is 12.1 Å². The van der Waals surface area contributed by atoms with Crippen molar-refractivity contribution in [2.45, 2.75) is 38.1 Å². The van der Waals surface area contributed by atoms with Crippen molar-refractivity contribution < 1.29 is 4.39 Å². The molecule has 2 heteroatoms. The minimum absolute atomic E-state index is 0.147. The molecule has 0 radical (unpaired) electrons. The third-order valence-electron chi connectivity index (χ3n) is 3.16. The molecule has 1 fully saturated rings. The molecule has 1 saturated carbocycles. The van der Waals surface area contributed by atoms with Gasteiger partial charge in [0.1, 0.15) is 5.82 Å². The van der Waals surface area contributed by atoms with Gasteiger partial charge < -0.3 is 5.32 Å². The smallest absolute Gasteiger partial charge is 0.123 e. The number of nitrogens with one attached hydrogen (secondary N) is 1. The molecular formula is C13H18FN. The fraction of sp³-hybridized carbons (Fsp3) is 0.538. The maximum absolute atomic E-state index is 12.8. The molecule has 0 heterocycles. The number of halogens is 1. The number of hydrogen-bond acceptors (Lipinski definition) is 1. The van der Waals surface area contributed by atoms with E-state index >= 15 is 0 Å². The van der Waals surface area contributed by atoms with Crippen molar-refractivity contribution in [3.8, 4) is 0 Å². The van der Waals surface area contributed by atoms with Gasteiger partial charge in [-0.2, -0.15) is 0 Å². The first kappa shape index (κ1) is 10.6. The van der Waals surface area contributed by atoms with E-state index in [1.165, 1.54) is 18.4 Å². The topological polar surface area (TPSA) is 12.0 Å². The molecule has 1 aromatic rings. The highest BCUT2D eigenvalue weighted by Crippen LogP contribution is 2.47. The lowest BCUT2D eigenvalue weighted by molar-refractivity contribution is 0.519. The molecule has 1 aromatic carbocycles. The summed E-state index contributed by atoms with van der Waals surface area (Å²) in [4.78, 5) is 0. The molecule has 15 heavy (non-hydrogen) atoms. The summed E-state index contributed by atoms with van der Waals surface area (Å²) in [7, 11) is 0. The largest absolute Gasteiger partial charge is 0.314 e. The van der Waals surface area contributed by atoms with Crippen LogP contribution in [0.4, 0.5) is 4.39 Å². The van der Waals surface area contributed by atoms with Gasteiger partial charge in [-0.3, -0.25) is 0 Å². The van der Waals surface area contributed by atoms with Gasteiger partial charge in [-0.05, 0) is 30.5 Å². The minimum Gasteiger partial charge on any atom is -0.314 e. The normalized spacial score (nSPS) is 18.1. The molecule has 0 atom stereocenters. The van der Waals surface area contributed by atoms with E-state index in [2.05, 4.69) is 19.2 Å². The van der Waals surface area contributed by atoms with Crippen molar-refractivity contribution in [1.29, 1.82) is 0 Å². The highest BCUT2D eigenvalue weighted by molar-refractivity contribution is 5.32. The fourth-order valence-corrected chi connectivity index (χ4v) is 1.92. The highest BCUT2D eigenvalue weighted by Gasteiger charge is 2.43. The monoisotopic (exact) mass is 207 g/mol. The van der Waals surface area contributed by atoms with E-state index in [4.69, 9.17) is 0 Å². The molecule has 1 nitrogen and oxygen atoms in total. The summed E-state index contributed by atoms with van der Waals surface area (Å²) in [6, 6.07) is 7.48. The molecule has 1 aliphatic carbocycles. The second kappa shape index (κ2) is 3.93. The molecule has 0 spiro atoms. The lowest BCUT2D eigenvalue weighted by Crippen LogP contribution is -2.31. The highest BCUT2D eigenvalue weighted by atomic mass is 19.1. The van der Waals surface area contributed by atoms with E-state index in [0.717, 1.165) is 6.54 Å². The van der Waals surface area contributed by atoms with Crippen molar-refractivity contribution in [2.24, 2.45) is 0 Å². The van der Waals surface area contributed by atoms with Gasteiger partial charge in [0.15, 0.2) is 0 Å². The Morgan fingerprint density at radius 3 is 2.33 bits per heavy atom. The van der Waals surface area contributed by atoms with E-state index in [1.54, 1.807) is 12.1 Å². The van der Waals surface area contributed by atoms with Crippen LogP contribution >= 0.6 is 0 Å². The molecule has 0 unspecified atom stereocenters. The lowest BCUT2D eigenvalue weighted by atomic mass is 9.96. The second-order valence-corrected chi connectivity index (χ2v) is 4.82. The molecule has 0 saturated heterocycles. The first-order chi connectivity index (χ1) is 7.12. The van der Waals surface area contributed by atoms with E-state index in [-0.39, 0.29) is 11.2 Å². The average Bonchev–Trinajstić information content (AvgIpc) is 2.97. The van der Waals surface area contributed by atoms with Crippen LogP contribution < -0.4 is 5.32 Å². The summed E-state index contributed by atoms with van der Waals surface area (Å²) in [5, 5.41) is 3.47. The molecule has 0 aromatic heterocycles. The van der Waals surface area contributed by atoms with Gasteiger partial charge >= 0.3 is 0 Å². The first-order valence-electron chi connectivity index (χ1n) is 5.62. The Morgan fingerprint density at radius 2 is 1.87 bits per heavy atom. The predicted octanol–water partition coefficient (Wildman–Crippen LogP) is 2.86. The van der Waals surface area contributed by atoms with Crippen molar-refractivity contribution in [3.63, 3.8) is 0 Å². The van der Waals surface area contributed by atoms with Crippen LogP contribution in [0.5, 0.6) is 0 Å². The van der Waals surface area contributed by atoms with Gasteiger partial charge in [0, 0.05) is 18.0 Å².